The summed E-state index contributed by atoms with van der Waals surface area (Å²) in [6.45, 7) is 5.30. The van der Waals surface area contributed by atoms with Gasteiger partial charge in [0.05, 0.1) is 5.52 Å². The molecule has 20 heavy (non-hydrogen) atoms. The number of benzene rings is 1. The lowest BCUT2D eigenvalue weighted by Crippen LogP contribution is -2.05. The number of para-hydroxylation sites is 1. The van der Waals surface area contributed by atoms with Crippen LogP contribution in [-0.4, -0.2) is 22.3 Å². The fraction of sp³-hybridized carbons (Fsp3) is 0.500. The van der Waals surface area contributed by atoms with Crippen LogP contribution in [0.2, 0.25) is 0 Å². The van der Waals surface area contributed by atoms with Gasteiger partial charge in [0.25, 0.3) is 0 Å². The smallest absolute Gasteiger partial charge is 0.224 e. The Kier molecular flexibility index (Phi) is 6.12. The predicted octanol–water partition coefficient (Wildman–Crippen LogP) is 4.73. The second-order valence-corrected chi connectivity index (χ2v) is 5.94. The monoisotopic (exact) mass is 289 g/mol. The summed E-state index contributed by atoms with van der Waals surface area (Å²) in [7, 11) is 0. The van der Waals surface area contributed by atoms with Crippen molar-refractivity contribution in [3.05, 3.63) is 24.3 Å². The second-order valence-electron chi connectivity index (χ2n) is 4.85. The first kappa shape index (κ1) is 15.1. The molecular formula is C16H23N3S. The van der Waals surface area contributed by atoms with Crippen LogP contribution in [0.25, 0.3) is 10.9 Å². The van der Waals surface area contributed by atoms with Gasteiger partial charge in [-0.2, -0.15) is 0 Å². The minimum absolute atomic E-state index is 0.753. The number of aromatic nitrogens is 2. The van der Waals surface area contributed by atoms with Crippen LogP contribution in [-0.2, 0) is 0 Å². The van der Waals surface area contributed by atoms with E-state index in [2.05, 4.69) is 47.3 Å². The highest BCUT2D eigenvalue weighted by Gasteiger charge is 2.07. The predicted molar refractivity (Wildman–Crippen MR) is 88.6 cm³/mol. The van der Waals surface area contributed by atoms with E-state index in [0.29, 0.717) is 0 Å². The maximum atomic E-state index is 4.68. The van der Waals surface area contributed by atoms with Crippen molar-refractivity contribution >= 4 is 28.6 Å². The summed E-state index contributed by atoms with van der Waals surface area (Å²) in [6, 6.07) is 8.26. The van der Waals surface area contributed by atoms with E-state index in [9.17, 15) is 0 Å². The largest absolute Gasteiger partial charge is 0.354 e. The summed E-state index contributed by atoms with van der Waals surface area (Å²) in [5.41, 5.74) is 1.03. The van der Waals surface area contributed by atoms with E-state index in [1.165, 1.54) is 19.3 Å². The van der Waals surface area contributed by atoms with Gasteiger partial charge in [0.15, 0.2) is 0 Å². The van der Waals surface area contributed by atoms with Gasteiger partial charge in [0.1, 0.15) is 5.03 Å². The molecule has 0 atom stereocenters. The highest BCUT2D eigenvalue weighted by molar-refractivity contribution is 7.99. The third-order valence-electron chi connectivity index (χ3n) is 3.09. The number of hydrogen-bond donors (Lipinski definition) is 1. The molecule has 0 radical (unpaired) electrons. The molecule has 0 bridgehead atoms. The number of fused-ring (bicyclic) bond motifs is 1. The lowest BCUT2D eigenvalue weighted by Gasteiger charge is -2.09. The Labute approximate surface area is 125 Å². The van der Waals surface area contributed by atoms with Gasteiger partial charge in [0.2, 0.25) is 5.95 Å². The summed E-state index contributed by atoms with van der Waals surface area (Å²) in [4.78, 5) is 9.26. The fourth-order valence-corrected chi connectivity index (χ4v) is 3.02. The van der Waals surface area contributed by atoms with Crippen LogP contribution < -0.4 is 5.32 Å². The molecule has 0 saturated heterocycles. The summed E-state index contributed by atoms with van der Waals surface area (Å²) >= 11 is 1.85. The molecule has 4 heteroatoms. The third kappa shape index (κ3) is 4.10. The van der Waals surface area contributed by atoms with Gasteiger partial charge >= 0.3 is 0 Å². The van der Waals surface area contributed by atoms with Crippen molar-refractivity contribution < 1.29 is 0 Å². The Morgan fingerprint density at radius 1 is 1.05 bits per heavy atom. The normalized spacial score (nSPS) is 10.9. The summed E-state index contributed by atoms with van der Waals surface area (Å²) in [6.07, 6.45) is 4.87. The minimum Gasteiger partial charge on any atom is -0.354 e. The molecule has 0 aliphatic heterocycles. The molecule has 0 aliphatic carbocycles. The quantitative estimate of drug-likeness (QED) is 0.433. The molecule has 0 fully saturated rings. The second kappa shape index (κ2) is 8.10. The highest BCUT2D eigenvalue weighted by atomic mass is 32.2. The number of hydrogen-bond acceptors (Lipinski definition) is 4. The van der Waals surface area contributed by atoms with Gasteiger partial charge in [-0.3, -0.25) is 0 Å². The maximum absolute atomic E-state index is 4.68. The zero-order chi connectivity index (χ0) is 14.2. The van der Waals surface area contributed by atoms with E-state index in [0.717, 1.165) is 40.6 Å². The average Bonchev–Trinajstić information content (AvgIpc) is 2.49. The molecule has 0 unspecified atom stereocenters. The van der Waals surface area contributed by atoms with Gasteiger partial charge in [-0.05, 0) is 24.7 Å². The van der Waals surface area contributed by atoms with Crippen molar-refractivity contribution in [3.8, 4) is 0 Å². The van der Waals surface area contributed by atoms with Crippen molar-refractivity contribution in [2.24, 2.45) is 0 Å². The van der Waals surface area contributed by atoms with Crippen molar-refractivity contribution in [2.45, 2.75) is 44.6 Å². The molecule has 1 N–H and O–H groups in total. The van der Waals surface area contributed by atoms with E-state index >= 15 is 0 Å². The van der Waals surface area contributed by atoms with Crippen LogP contribution in [0.5, 0.6) is 0 Å². The molecule has 108 valence electrons. The molecule has 2 aromatic rings. The van der Waals surface area contributed by atoms with E-state index in [4.69, 9.17) is 0 Å². The first-order valence-electron chi connectivity index (χ1n) is 7.48. The number of thioether (sulfide) groups is 1. The van der Waals surface area contributed by atoms with Gasteiger partial charge in [0, 0.05) is 11.9 Å². The first-order valence-corrected chi connectivity index (χ1v) is 8.47. The van der Waals surface area contributed by atoms with Crippen molar-refractivity contribution in [1.82, 2.24) is 9.97 Å². The number of unbranched alkanes of at least 4 members (excludes halogenated alkanes) is 2. The van der Waals surface area contributed by atoms with Crippen molar-refractivity contribution in [2.75, 3.05) is 17.6 Å². The molecule has 3 nitrogen and oxygen atoms in total. The standard InChI is InChI=1S/C16H23N3S/c1-3-5-8-12-20-15-13-9-6-7-10-14(13)18-16(19-15)17-11-4-2/h6-7,9-10H,3-5,8,11-12H2,1-2H3,(H,17,18,19). The SMILES string of the molecule is CCCCCSc1nc(NCCC)nc2ccccc12. The van der Waals surface area contributed by atoms with Crippen LogP contribution in [0.3, 0.4) is 0 Å². The van der Waals surface area contributed by atoms with Crippen LogP contribution in [0.4, 0.5) is 5.95 Å². The summed E-state index contributed by atoms with van der Waals surface area (Å²) in [5, 5.41) is 5.56. The lowest BCUT2D eigenvalue weighted by molar-refractivity contribution is 0.778. The number of rotatable bonds is 8. The molecule has 0 aliphatic rings. The van der Waals surface area contributed by atoms with E-state index in [1.807, 2.05) is 17.8 Å². The third-order valence-corrected chi connectivity index (χ3v) is 4.17. The Bertz CT molecular complexity index is 542. The Morgan fingerprint density at radius 3 is 2.70 bits per heavy atom. The molecule has 1 heterocycles. The van der Waals surface area contributed by atoms with Crippen molar-refractivity contribution in [1.29, 1.82) is 0 Å². The molecule has 0 amide bonds. The minimum atomic E-state index is 0.753. The number of nitrogens with one attached hydrogen (secondary N) is 1. The number of nitrogens with zero attached hydrogens (tertiary/aromatic N) is 2. The van der Waals surface area contributed by atoms with Gasteiger partial charge in [-0.1, -0.05) is 44.9 Å². The molecular weight excluding hydrogens is 266 g/mol. The van der Waals surface area contributed by atoms with Gasteiger partial charge in [-0.15, -0.1) is 11.8 Å². The van der Waals surface area contributed by atoms with E-state index in [-0.39, 0.29) is 0 Å². The maximum Gasteiger partial charge on any atom is 0.224 e. The summed E-state index contributed by atoms with van der Waals surface area (Å²) < 4.78 is 0. The lowest BCUT2D eigenvalue weighted by atomic mass is 10.2. The topological polar surface area (TPSA) is 37.8 Å². The Balaban J connectivity index is 2.19. The molecule has 0 saturated carbocycles. The van der Waals surface area contributed by atoms with Crippen molar-refractivity contribution in [3.63, 3.8) is 0 Å². The fourth-order valence-electron chi connectivity index (χ4n) is 1.99. The summed E-state index contributed by atoms with van der Waals surface area (Å²) in [5.74, 6) is 1.88. The van der Waals surface area contributed by atoms with Crippen LogP contribution >= 0.6 is 11.8 Å². The first-order chi connectivity index (χ1) is 9.85. The number of anilines is 1. The van der Waals surface area contributed by atoms with E-state index in [1.54, 1.807) is 0 Å². The Morgan fingerprint density at radius 2 is 1.90 bits per heavy atom. The zero-order valence-corrected chi connectivity index (χ0v) is 13.2. The zero-order valence-electron chi connectivity index (χ0n) is 12.4. The Hall–Kier alpha value is -1.29. The molecule has 2 rings (SSSR count). The van der Waals surface area contributed by atoms with Crippen LogP contribution in [0.1, 0.15) is 39.5 Å². The average molecular weight is 289 g/mol. The molecule has 0 spiro atoms. The van der Waals surface area contributed by atoms with Gasteiger partial charge in [-0.25, -0.2) is 9.97 Å². The van der Waals surface area contributed by atoms with Crippen LogP contribution in [0, 0.1) is 0 Å². The van der Waals surface area contributed by atoms with Crippen LogP contribution in [0.15, 0.2) is 29.3 Å². The van der Waals surface area contributed by atoms with Gasteiger partial charge < -0.3 is 5.32 Å². The van der Waals surface area contributed by atoms with E-state index < -0.39 is 0 Å². The highest BCUT2D eigenvalue weighted by Crippen LogP contribution is 2.27. The molecule has 1 aromatic carbocycles. The molecule has 1 aromatic heterocycles.